The molecule has 3 aromatic heterocycles. The minimum absolute atomic E-state index is 0.534. The molecule has 1 aromatic carbocycles. The van der Waals surface area contributed by atoms with Crippen molar-refractivity contribution in [3.05, 3.63) is 60.6 Å². The molecular formula is C25H26N4O2. The van der Waals surface area contributed by atoms with Crippen LogP contribution in [-0.4, -0.2) is 39.6 Å². The van der Waals surface area contributed by atoms with Gasteiger partial charge in [-0.3, -0.25) is 14.6 Å². The molecule has 4 aromatic rings. The normalized spacial score (nSPS) is 12.9. The number of hydrogen-bond donors (Lipinski definition) is 0. The Kier molecular flexibility index (Phi) is 5.63. The van der Waals surface area contributed by atoms with Crippen molar-refractivity contribution in [3.8, 4) is 28.3 Å². The largest absolute Gasteiger partial charge is 0.491 e. The molecule has 0 bridgehead atoms. The highest BCUT2D eigenvalue weighted by Crippen LogP contribution is 2.40. The highest BCUT2D eigenvalue weighted by atomic mass is 16.5. The van der Waals surface area contributed by atoms with Crippen LogP contribution in [0.3, 0.4) is 0 Å². The molecule has 0 unspecified atom stereocenters. The van der Waals surface area contributed by atoms with Crippen LogP contribution in [0.15, 0.2) is 54.9 Å². The zero-order chi connectivity index (χ0) is 21.0. The third kappa shape index (κ3) is 3.91. The minimum Gasteiger partial charge on any atom is -0.491 e. The van der Waals surface area contributed by atoms with E-state index in [1.54, 1.807) is 0 Å². The van der Waals surface area contributed by atoms with Gasteiger partial charge in [0.2, 0.25) is 0 Å². The van der Waals surface area contributed by atoms with Gasteiger partial charge >= 0.3 is 0 Å². The lowest BCUT2D eigenvalue weighted by Gasteiger charge is -2.11. The van der Waals surface area contributed by atoms with Gasteiger partial charge in [0.15, 0.2) is 0 Å². The highest BCUT2D eigenvalue weighted by molar-refractivity contribution is 5.99. The average molecular weight is 415 g/mol. The Bertz CT molecular complexity index is 1190. The molecule has 0 atom stereocenters. The second-order valence-electron chi connectivity index (χ2n) is 7.71. The highest BCUT2D eigenvalue weighted by Gasteiger charge is 2.25. The van der Waals surface area contributed by atoms with Gasteiger partial charge in [-0.25, -0.2) is 0 Å². The molecule has 0 saturated heterocycles. The maximum absolute atomic E-state index is 5.87. The molecule has 1 aliphatic rings. The average Bonchev–Trinajstić information content (AvgIpc) is 3.40. The summed E-state index contributed by atoms with van der Waals surface area (Å²) in [7, 11) is 0. The molecule has 0 saturated carbocycles. The Labute approximate surface area is 181 Å². The van der Waals surface area contributed by atoms with E-state index in [9.17, 15) is 0 Å². The van der Waals surface area contributed by atoms with Crippen molar-refractivity contribution >= 4 is 10.9 Å². The first-order chi connectivity index (χ1) is 15.3. The molecule has 6 heteroatoms. The Morgan fingerprint density at radius 1 is 1.00 bits per heavy atom. The number of aryl methyl sites for hydroxylation is 1. The van der Waals surface area contributed by atoms with Crippen molar-refractivity contribution in [1.82, 2.24) is 19.7 Å². The van der Waals surface area contributed by atoms with Gasteiger partial charge < -0.3 is 9.47 Å². The van der Waals surface area contributed by atoms with Crippen LogP contribution in [0.5, 0.6) is 5.75 Å². The lowest BCUT2D eigenvalue weighted by atomic mass is 9.96. The van der Waals surface area contributed by atoms with Crippen molar-refractivity contribution in [1.29, 1.82) is 0 Å². The monoisotopic (exact) mass is 414 g/mol. The molecule has 0 N–H and O–H groups in total. The fourth-order valence-electron chi connectivity index (χ4n) is 4.20. The Morgan fingerprint density at radius 3 is 2.84 bits per heavy atom. The van der Waals surface area contributed by atoms with E-state index in [0.29, 0.717) is 13.2 Å². The van der Waals surface area contributed by atoms with E-state index in [0.717, 1.165) is 66.0 Å². The van der Waals surface area contributed by atoms with E-state index >= 15 is 0 Å². The number of rotatable bonds is 8. The maximum Gasteiger partial charge on any atom is 0.121 e. The summed E-state index contributed by atoms with van der Waals surface area (Å²) in [5.74, 6) is 0.808. The molecule has 0 aliphatic carbocycles. The van der Waals surface area contributed by atoms with Crippen molar-refractivity contribution in [3.63, 3.8) is 0 Å². The lowest BCUT2D eigenvalue weighted by Crippen LogP contribution is -2.07. The summed E-state index contributed by atoms with van der Waals surface area (Å²) in [5.41, 5.74) is 6.35. The predicted octanol–water partition coefficient (Wildman–Crippen LogP) is 4.91. The molecule has 158 valence electrons. The van der Waals surface area contributed by atoms with Crippen LogP contribution in [0.4, 0.5) is 0 Å². The third-order valence-electron chi connectivity index (χ3n) is 5.58. The molecule has 0 spiro atoms. The second-order valence-corrected chi connectivity index (χ2v) is 7.71. The zero-order valence-corrected chi connectivity index (χ0v) is 17.8. The van der Waals surface area contributed by atoms with Crippen LogP contribution in [0, 0.1) is 0 Å². The first-order valence-electron chi connectivity index (χ1n) is 11.0. The molecule has 4 heterocycles. The summed E-state index contributed by atoms with van der Waals surface area (Å²) in [5, 5.41) is 6.02. The Morgan fingerprint density at radius 2 is 1.97 bits per heavy atom. The van der Waals surface area contributed by atoms with Gasteiger partial charge in [0.05, 0.1) is 17.8 Å². The number of nitrogens with zero attached hydrogens (tertiary/aromatic N) is 4. The molecular weight excluding hydrogens is 388 g/mol. The molecule has 6 nitrogen and oxygen atoms in total. The van der Waals surface area contributed by atoms with E-state index in [-0.39, 0.29) is 0 Å². The lowest BCUT2D eigenvalue weighted by molar-refractivity contribution is 0.101. The van der Waals surface area contributed by atoms with E-state index in [1.807, 2.05) is 42.7 Å². The van der Waals surface area contributed by atoms with Gasteiger partial charge in [0.25, 0.3) is 0 Å². The summed E-state index contributed by atoms with van der Waals surface area (Å²) in [4.78, 5) is 9.19. The third-order valence-corrected chi connectivity index (χ3v) is 5.58. The van der Waals surface area contributed by atoms with Crippen LogP contribution < -0.4 is 4.74 Å². The zero-order valence-electron chi connectivity index (χ0n) is 17.8. The summed E-state index contributed by atoms with van der Waals surface area (Å²) < 4.78 is 13.5. The maximum atomic E-state index is 5.87. The van der Waals surface area contributed by atoms with Gasteiger partial charge in [-0.05, 0) is 55.2 Å². The number of hydrogen-bond acceptors (Lipinski definition) is 5. The van der Waals surface area contributed by atoms with Gasteiger partial charge in [-0.15, -0.1) is 0 Å². The molecule has 1 aliphatic heterocycles. The minimum atomic E-state index is 0.534. The van der Waals surface area contributed by atoms with Crippen LogP contribution in [0.1, 0.15) is 25.5 Å². The molecule has 0 fully saturated rings. The fraction of sp³-hybridized carbons (Fsp3) is 0.320. The van der Waals surface area contributed by atoms with Gasteiger partial charge in [-0.2, -0.15) is 5.10 Å². The number of pyridine rings is 2. The standard InChI is InChI=1S/C25H26N4O2/c1-2-14-30-15-16-31-18-8-9-19-20(10-12-27-22(19)17-18)24-23-7-5-13-29(23)28-25(24)21-6-3-4-11-26-21/h3-4,6,8-12,17H,2,5,7,13-16H2,1H3. The van der Waals surface area contributed by atoms with E-state index in [4.69, 9.17) is 14.6 Å². The van der Waals surface area contributed by atoms with Crippen molar-refractivity contribution in [2.75, 3.05) is 19.8 Å². The molecule has 0 radical (unpaired) electrons. The van der Waals surface area contributed by atoms with Crippen LogP contribution in [0.2, 0.25) is 0 Å². The first kappa shape index (κ1) is 19.7. The number of aromatic nitrogens is 4. The van der Waals surface area contributed by atoms with Gasteiger partial charge in [0.1, 0.15) is 18.1 Å². The molecule has 0 amide bonds. The Balaban J connectivity index is 1.53. The summed E-state index contributed by atoms with van der Waals surface area (Å²) in [6.07, 6.45) is 6.85. The summed E-state index contributed by atoms with van der Waals surface area (Å²) in [6.45, 7) is 4.95. The predicted molar refractivity (Wildman–Crippen MR) is 121 cm³/mol. The topological polar surface area (TPSA) is 62.1 Å². The second kappa shape index (κ2) is 8.86. The SMILES string of the molecule is CCCOCCOc1ccc2c(-c3c(-c4ccccn4)nn4c3CCC4)ccnc2c1. The quantitative estimate of drug-likeness (QED) is 0.383. The molecule has 5 rings (SSSR count). The fourth-order valence-corrected chi connectivity index (χ4v) is 4.20. The van der Waals surface area contributed by atoms with Gasteiger partial charge in [0, 0.05) is 48.3 Å². The van der Waals surface area contributed by atoms with E-state index in [2.05, 4.69) is 33.7 Å². The van der Waals surface area contributed by atoms with Crippen LogP contribution in [0.25, 0.3) is 33.4 Å². The number of benzene rings is 1. The van der Waals surface area contributed by atoms with E-state index in [1.165, 1.54) is 11.3 Å². The van der Waals surface area contributed by atoms with Crippen molar-refractivity contribution in [2.45, 2.75) is 32.7 Å². The van der Waals surface area contributed by atoms with Crippen molar-refractivity contribution < 1.29 is 9.47 Å². The Hall–Kier alpha value is -3.25. The summed E-state index contributed by atoms with van der Waals surface area (Å²) in [6, 6.07) is 14.2. The van der Waals surface area contributed by atoms with Crippen LogP contribution >= 0.6 is 0 Å². The summed E-state index contributed by atoms with van der Waals surface area (Å²) >= 11 is 0. The van der Waals surface area contributed by atoms with E-state index < -0.39 is 0 Å². The number of ether oxygens (including phenoxy) is 2. The van der Waals surface area contributed by atoms with Gasteiger partial charge in [-0.1, -0.05) is 13.0 Å². The smallest absolute Gasteiger partial charge is 0.121 e. The first-order valence-corrected chi connectivity index (χ1v) is 11.0. The molecule has 31 heavy (non-hydrogen) atoms. The van der Waals surface area contributed by atoms with Crippen molar-refractivity contribution in [2.24, 2.45) is 0 Å². The number of fused-ring (bicyclic) bond motifs is 2. The van der Waals surface area contributed by atoms with Crippen LogP contribution in [-0.2, 0) is 17.7 Å².